The molecule has 16 heavy (non-hydrogen) atoms. The highest BCUT2D eigenvalue weighted by Crippen LogP contribution is 2.31. The largest absolute Gasteiger partial charge is 0.206 e. The van der Waals surface area contributed by atoms with Crippen LogP contribution in [0.4, 0.5) is 4.39 Å². The lowest BCUT2D eigenvalue weighted by Crippen LogP contribution is -1.87. The van der Waals surface area contributed by atoms with Crippen molar-refractivity contribution >= 4 is 15.9 Å². The van der Waals surface area contributed by atoms with Gasteiger partial charge in [-0.15, -0.1) is 0 Å². The van der Waals surface area contributed by atoms with Crippen molar-refractivity contribution in [1.82, 2.24) is 0 Å². The van der Waals surface area contributed by atoms with Crippen molar-refractivity contribution in [1.29, 1.82) is 0 Å². The fraction of sp³-hybridized carbons (Fsp3) is 0.143. The Kier molecular flexibility index (Phi) is 3.10. The number of hydrogen-bond donors (Lipinski definition) is 0. The molecule has 0 saturated carbocycles. The van der Waals surface area contributed by atoms with E-state index in [1.165, 1.54) is 0 Å². The van der Waals surface area contributed by atoms with Gasteiger partial charge in [0.25, 0.3) is 0 Å². The monoisotopic (exact) mass is 278 g/mol. The minimum absolute atomic E-state index is 0.176. The zero-order valence-corrected chi connectivity index (χ0v) is 10.8. The molecule has 0 fully saturated rings. The molecule has 2 aromatic rings. The van der Waals surface area contributed by atoms with Gasteiger partial charge in [-0.2, -0.15) is 0 Å². The summed E-state index contributed by atoms with van der Waals surface area (Å²) in [5.74, 6) is -0.176. The molecule has 0 radical (unpaired) electrons. The van der Waals surface area contributed by atoms with Gasteiger partial charge >= 0.3 is 0 Å². The van der Waals surface area contributed by atoms with Gasteiger partial charge in [0.15, 0.2) is 0 Å². The van der Waals surface area contributed by atoms with Gasteiger partial charge in [-0.25, -0.2) is 4.39 Å². The van der Waals surface area contributed by atoms with Gasteiger partial charge in [0.1, 0.15) is 5.82 Å². The summed E-state index contributed by atoms with van der Waals surface area (Å²) >= 11 is 3.47. The smallest absolute Gasteiger partial charge is 0.131 e. The topological polar surface area (TPSA) is 0 Å². The van der Waals surface area contributed by atoms with Gasteiger partial charge in [0, 0.05) is 10.0 Å². The van der Waals surface area contributed by atoms with E-state index in [1.807, 2.05) is 44.2 Å². The van der Waals surface area contributed by atoms with Crippen molar-refractivity contribution in [3.05, 3.63) is 57.8 Å². The van der Waals surface area contributed by atoms with Crippen molar-refractivity contribution in [2.24, 2.45) is 0 Å². The molecular formula is C14H12BrF. The van der Waals surface area contributed by atoms with Crippen LogP contribution in [0.1, 0.15) is 11.1 Å². The second-order valence-corrected chi connectivity index (χ2v) is 4.82. The number of hydrogen-bond acceptors (Lipinski definition) is 0. The van der Waals surface area contributed by atoms with Crippen molar-refractivity contribution < 1.29 is 4.39 Å². The Morgan fingerprint density at radius 1 is 0.875 bits per heavy atom. The van der Waals surface area contributed by atoms with Crippen LogP contribution in [0.5, 0.6) is 0 Å². The number of aryl methyl sites for hydroxylation is 2. The molecule has 0 aliphatic carbocycles. The van der Waals surface area contributed by atoms with Gasteiger partial charge in [-0.1, -0.05) is 40.2 Å². The predicted octanol–water partition coefficient (Wildman–Crippen LogP) is 4.87. The van der Waals surface area contributed by atoms with Crippen molar-refractivity contribution in [2.75, 3.05) is 0 Å². The van der Waals surface area contributed by atoms with Gasteiger partial charge in [0.2, 0.25) is 0 Å². The average Bonchev–Trinajstić information content (AvgIpc) is 2.19. The molecule has 0 aliphatic rings. The fourth-order valence-electron chi connectivity index (χ4n) is 1.68. The summed E-state index contributed by atoms with van der Waals surface area (Å²) in [7, 11) is 0. The Morgan fingerprint density at radius 2 is 1.44 bits per heavy atom. The summed E-state index contributed by atoms with van der Waals surface area (Å²) < 4.78 is 14.7. The standard InChI is InChI=1S/C14H12BrF/c1-9-3-5-11(13(15)7-9)12-6-4-10(2)8-14(12)16/h3-8H,1-2H3. The van der Waals surface area contributed by atoms with Crippen LogP contribution < -0.4 is 0 Å². The first kappa shape index (κ1) is 11.3. The second-order valence-electron chi connectivity index (χ2n) is 3.97. The third-order valence-corrected chi connectivity index (χ3v) is 3.20. The highest BCUT2D eigenvalue weighted by molar-refractivity contribution is 9.10. The minimum atomic E-state index is -0.176. The molecule has 0 saturated heterocycles. The lowest BCUT2D eigenvalue weighted by molar-refractivity contribution is 0.630. The summed E-state index contributed by atoms with van der Waals surface area (Å²) in [5.41, 5.74) is 3.62. The highest BCUT2D eigenvalue weighted by atomic mass is 79.9. The van der Waals surface area contributed by atoms with Gasteiger partial charge in [-0.05, 0) is 42.7 Å². The first-order valence-electron chi connectivity index (χ1n) is 5.10. The van der Waals surface area contributed by atoms with E-state index in [4.69, 9.17) is 0 Å². The van der Waals surface area contributed by atoms with Crippen LogP contribution in [-0.4, -0.2) is 0 Å². The maximum absolute atomic E-state index is 13.8. The summed E-state index contributed by atoms with van der Waals surface area (Å²) in [6.07, 6.45) is 0. The van der Waals surface area contributed by atoms with E-state index in [1.54, 1.807) is 6.07 Å². The summed E-state index contributed by atoms with van der Waals surface area (Å²) in [4.78, 5) is 0. The van der Waals surface area contributed by atoms with Crippen LogP contribution in [0.3, 0.4) is 0 Å². The molecule has 0 heterocycles. The predicted molar refractivity (Wildman–Crippen MR) is 69.0 cm³/mol. The summed E-state index contributed by atoms with van der Waals surface area (Å²) in [6.45, 7) is 3.90. The Morgan fingerprint density at radius 3 is 2.00 bits per heavy atom. The quantitative estimate of drug-likeness (QED) is 0.698. The van der Waals surface area contributed by atoms with Gasteiger partial charge in [-0.3, -0.25) is 0 Å². The maximum atomic E-state index is 13.8. The molecule has 0 aromatic heterocycles. The van der Waals surface area contributed by atoms with E-state index in [-0.39, 0.29) is 5.82 Å². The number of benzene rings is 2. The Labute approximate surface area is 103 Å². The molecular weight excluding hydrogens is 267 g/mol. The molecule has 0 aliphatic heterocycles. The zero-order valence-electron chi connectivity index (χ0n) is 9.22. The maximum Gasteiger partial charge on any atom is 0.131 e. The van der Waals surface area contributed by atoms with E-state index in [9.17, 15) is 4.39 Å². The summed E-state index contributed by atoms with van der Waals surface area (Å²) in [6, 6.07) is 11.2. The second kappa shape index (κ2) is 4.38. The van der Waals surface area contributed by atoms with Crippen LogP contribution in [0.25, 0.3) is 11.1 Å². The van der Waals surface area contributed by atoms with Crippen LogP contribution >= 0.6 is 15.9 Å². The van der Waals surface area contributed by atoms with Crippen LogP contribution in [-0.2, 0) is 0 Å². The molecule has 0 bridgehead atoms. The lowest BCUT2D eigenvalue weighted by atomic mass is 10.0. The first-order valence-corrected chi connectivity index (χ1v) is 5.90. The van der Waals surface area contributed by atoms with E-state index in [2.05, 4.69) is 15.9 Å². The van der Waals surface area contributed by atoms with E-state index in [0.717, 1.165) is 21.2 Å². The Bertz CT molecular complexity index is 483. The van der Waals surface area contributed by atoms with Crippen molar-refractivity contribution in [3.63, 3.8) is 0 Å². The fourth-order valence-corrected chi connectivity index (χ4v) is 2.38. The van der Waals surface area contributed by atoms with Crippen LogP contribution in [0.2, 0.25) is 0 Å². The summed E-state index contributed by atoms with van der Waals surface area (Å²) in [5, 5.41) is 0. The number of rotatable bonds is 1. The molecule has 2 aromatic carbocycles. The molecule has 2 heteroatoms. The normalized spacial score (nSPS) is 10.5. The van der Waals surface area contributed by atoms with E-state index < -0.39 is 0 Å². The first-order chi connectivity index (χ1) is 7.58. The Hall–Kier alpha value is -1.15. The van der Waals surface area contributed by atoms with Gasteiger partial charge in [0.05, 0.1) is 0 Å². The van der Waals surface area contributed by atoms with Crippen molar-refractivity contribution in [3.8, 4) is 11.1 Å². The zero-order chi connectivity index (χ0) is 11.7. The molecule has 0 unspecified atom stereocenters. The minimum Gasteiger partial charge on any atom is -0.206 e. The SMILES string of the molecule is Cc1ccc(-c2ccc(C)cc2Br)c(F)c1. The molecule has 2 rings (SSSR count). The molecule has 0 atom stereocenters. The number of halogens is 2. The van der Waals surface area contributed by atoms with Crippen LogP contribution in [0, 0.1) is 19.7 Å². The molecule has 0 amide bonds. The lowest BCUT2D eigenvalue weighted by Gasteiger charge is -2.07. The molecule has 82 valence electrons. The Balaban J connectivity index is 2.59. The third-order valence-electron chi connectivity index (χ3n) is 2.54. The average molecular weight is 279 g/mol. The van der Waals surface area contributed by atoms with Crippen molar-refractivity contribution in [2.45, 2.75) is 13.8 Å². The van der Waals surface area contributed by atoms with Gasteiger partial charge < -0.3 is 0 Å². The third kappa shape index (κ3) is 2.17. The molecule has 0 nitrogen and oxygen atoms in total. The van der Waals surface area contributed by atoms with Crippen LogP contribution in [0.15, 0.2) is 40.9 Å². The van der Waals surface area contributed by atoms with E-state index in [0.29, 0.717) is 5.56 Å². The van der Waals surface area contributed by atoms with E-state index >= 15 is 0 Å². The highest BCUT2D eigenvalue weighted by Gasteiger charge is 2.08. The molecule has 0 N–H and O–H groups in total. The molecule has 0 spiro atoms.